The van der Waals surface area contributed by atoms with E-state index in [0.29, 0.717) is 5.69 Å². The Hall–Kier alpha value is -4.06. The van der Waals surface area contributed by atoms with Crippen molar-refractivity contribution in [1.29, 1.82) is 0 Å². The van der Waals surface area contributed by atoms with Gasteiger partial charge in [0.2, 0.25) is 0 Å². The average molecular weight is 414 g/mol. The lowest BCUT2D eigenvalue weighted by Crippen LogP contribution is -2.28. The van der Waals surface area contributed by atoms with E-state index in [-0.39, 0.29) is 27.1 Å². The number of rotatable bonds is 5. The quantitative estimate of drug-likeness (QED) is 0.444. The smallest absolute Gasteiger partial charge is 0.329 e. The normalized spacial score (nSPS) is 16.4. The van der Waals surface area contributed by atoms with E-state index in [9.17, 15) is 29.8 Å². The van der Waals surface area contributed by atoms with E-state index in [1.807, 2.05) is 0 Å². The molecule has 1 fully saturated rings. The molecule has 29 heavy (non-hydrogen) atoms. The first-order chi connectivity index (χ1) is 13.8. The highest BCUT2D eigenvalue weighted by Gasteiger charge is 2.35. The maximum atomic E-state index is 12.7. The molecule has 0 radical (unpaired) electrons. The number of carboxylic acids is 1. The number of thioether (sulfide) groups is 1. The molecule has 11 nitrogen and oxygen atoms in total. The fourth-order valence-corrected chi connectivity index (χ4v) is 3.34. The Morgan fingerprint density at radius 1 is 1.00 bits per heavy atom. The number of nitrogens with zero attached hydrogens (tertiary/aromatic N) is 4. The minimum atomic E-state index is -1.32. The number of nitro benzene ring substituents is 2. The zero-order valence-electron chi connectivity index (χ0n) is 14.3. The number of hydrogen-bond donors (Lipinski definition) is 1. The Kier molecular flexibility index (Phi) is 5.36. The van der Waals surface area contributed by atoms with Crippen molar-refractivity contribution in [3.8, 4) is 0 Å². The third-order valence-electron chi connectivity index (χ3n) is 3.66. The first-order valence-corrected chi connectivity index (χ1v) is 8.62. The summed E-state index contributed by atoms with van der Waals surface area (Å²) in [5, 5.41) is 30.7. The predicted octanol–water partition coefficient (Wildman–Crippen LogP) is 3.24. The molecule has 0 bridgehead atoms. The molecule has 3 rings (SSSR count). The van der Waals surface area contributed by atoms with Gasteiger partial charge in [-0.3, -0.25) is 29.9 Å². The van der Waals surface area contributed by atoms with Gasteiger partial charge in [0.1, 0.15) is 0 Å². The number of aliphatic imine (C=N–C) groups is 1. The van der Waals surface area contributed by atoms with Gasteiger partial charge in [-0.15, -0.1) is 0 Å². The van der Waals surface area contributed by atoms with Crippen LogP contribution in [0.1, 0.15) is 0 Å². The number of carboxylic acid groups (broad SMARTS) is 1. The summed E-state index contributed by atoms with van der Waals surface area (Å²) in [5.74, 6) is -1.98. The molecule has 1 aliphatic rings. The number of carbonyl (C=O) groups is 2. The van der Waals surface area contributed by atoms with Crippen LogP contribution in [0.2, 0.25) is 0 Å². The summed E-state index contributed by atoms with van der Waals surface area (Å²) in [7, 11) is 0. The molecule has 1 heterocycles. The zero-order valence-corrected chi connectivity index (χ0v) is 15.1. The lowest BCUT2D eigenvalue weighted by atomic mass is 10.2. The number of carbonyl (C=O) groups excluding carboxylic acids is 1. The number of aliphatic carboxylic acids is 1. The van der Waals surface area contributed by atoms with Gasteiger partial charge in [0, 0.05) is 30.3 Å². The van der Waals surface area contributed by atoms with Crippen molar-refractivity contribution in [2.24, 2.45) is 4.99 Å². The van der Waals surface area contributed by atoms with Crippen LogP contribution in [0, 0.1) is 20.2 Å². The second-order valence-electron chi connectivity index (χ2n) is 5.53. The van der Waals surface area contributed by atoms with Crippen LogP contribution in [0.4, 0.5) is 22.7 Å². The molecule has 146 valence electrons. The molecule has 0 aromatic heterocycles. The van der Waals surface area contributed by atoms with Gasteiger partial charge < -0.3 is 5.11 Å². The number of non-ortho nitro benzene ring substituents is 2. The second kappa shape index (κ2) is 7.90. The SMILES string of the molecule is O=C(O)/C=C1\S/C(=N/c2ccc([N+](=O)[O-])cc2)N(c2ccc([N+](=O)[O-])cc2)C1=O. The third kappa shape index (κ3) is 4.27. The fraction of sp³-hybridized carbons (Fsp3) is 0. The van der Waals surface area contributed by atoms with E-state index < -0.39 is 21.7 Å². The predicted molar refractivity (Wildman–Crippen MR) is 104 cm³/mol. The Bertz CT molecular complexity index is 1080. The molecule has 1 aliphatic heterocycles. The van der Waals surface area contributed by atoms with E-state index in [4.69, 9.17) is 5.11 Å². The molecule has 12 heteroatoms. The van der Waals surface area contributed by atoms with E-state index in [1.165, 1.54) is 48.5 Å². The van der Waals surface area contributed by atoms with Crippen LogP contribution < -0.4 is 4.90 Å². The highest BCUT2D eigenvalue weighted by atomic mass is 32.2. The van der Waals surface area contributed by atoms with Crippen molar-refractivity contribution >= 4 is 51.6 Å². The molecule has 1 N–H and O–H groups in total. The lowest BCUT2D eigenvalue weighted by Gasteiger charge is -2.15. The topological polar surface area (TPSA) is 156 Å². The van der Waals surface area contributed by atoms with Crippen LogP contribution in [-0.2, 0) is 9.59 Å². The summed E-state index contributed by atoms with van der Waals surface area (Å²) in [6, 6.07) is 10.3. The van der Waals surface area contributed by atoms with Gasteiger partial charge in [-0.2, -0.15) is 0 Å². The largest absolute Gasteiger partial charge is 0.478 e. The van der Waals surface area contributed by atoms with Crippen molar-refractivity contribution in [3.05, 3.63) is 79.7 Å². The molecule has 2 aromatic carbocycles. The van der Waals surface area contributed by atoms with Crippen molar-refractivity contribution in [1.82, 2.24) is 0 Å². The number of anilines is 1. The number of benzene rings is 2. The molecule has 0 saturated carbocycles. The van der Waals surface area contributed by atoms with E-state index in [0.717, 1.165) is 22.7 Å². The first-order valence-electron chi connectivity index (χ1n) is 7.81. The minimum absolute atomic E-state index is 0.100. The summed E-state index contributed by atoms with van der Waals surface area (Å²) in [4.78, 5) is 49.4. The number of nitro groups is 2. The average Bonchev–Trinajstić information content (AvgIpc) is 2.96. The summed E-state index contributed by atoms with van der Waals surface area (Å²) < 4.78 is 0. The fourth-order valence-electron chi connectivity index (χ4n) is 2.37. The van der Waals surface area contributed by atoms with Crippen LogP contribution in [0.25, 0.3) is 0 Å². The molecular formula is C17H10N4O7S. The van der Waals surface area contributed by atoms with Gasteiger partial charge in [-0.05, 0) is 36.0 Å². The molecule has 0 aliphatic carbocycles. The molecule has 0 atom stereocenters. The van der Waals surface area contributed by atoms with Crippen molar-refractivity contribution in [2.45, 2.75) is 0 Å². The van der Waals surface area contributed by atoms with Gasteiger partial charge in [-0.25, -0.2) is 9.79 Å². The molecule has 1 amide bonds. The van der Waals surface area contributed by atoms with Crippen molar-refractivity contribution in [2.75, 3.05) is 4.90 Å². The summed E-state index contributed by atoms with van der Waals surface area (Å²) in [5.41, 5.74) is 0.239. The van der Waals surface area contributed by atoms with Crippen LogP contribution in [0.3, 0.4) is 0 Å². The summed E-state index contributed by atoms with van der Waals surface area (Å²) >= 11 is 0.805. The Morgan fingerprint density at radius 3 is 2.00 bits per heavy atom. The van der Waals surface area contributed by atoms with Crippen LogP contribution in [0.5, 0.6) is 0 Å². The Labute approximate surface area is 166 Å². The van der Waals surface area contributed by atoms with Gasteiger partial charge in [0.05, 0.1) is 26.1 Å². The third-order valence-corrected chi connectivity index (χ3v) is 4.63. The van der Waals surface area contributed by atoms with E-state index in [1.54, 1.807) is 0 Å². The molecule has 0 spiro atoms. The molecule has 2 aromatic rings. The van der Waals surface area contributed by atoms with Crippen LogP contribution in [0.15, 0.2) is 64.5 Å². The highest BCUT2D eigenvalue weighted by molar-refractivity contribution is 8.19. The summed E-state index contributed by atoms with van der Waals surface area (Å²) in [6.07, 6.45) is 0.740. The standard InChI is InChI=1S/C17H10N4O7S/c22-15(23)9-14-16(24)19(11-5-7-13(8-6-11)21(27)28)17(29-14)18-10-1-3-12(4-2-10)20(25)26/h1-9H,(H,22,23)/b14-9-,18-17+. The van der Waals surface area contributed by atoms with Crippen LogP contribution in [-0.4, -0.2) is 32.0 Å². The minimum Gasteiger partial charge on any atom is -0.478 e. The Balaban J connectivity index is 2.03. The monoisotopic (exact) mass is 414 g/mol. The number of amidine groups is 1. The van der Waals surface area contributed by atoms with E-state index >= 15 is 0 Å². The van der Waals surface area contributed by atoms with Crippen LogP contribution >= 0.6 is 11.8 Å². The molecule has 1 saturated heterocycles. The van der Waals surface area contributed by atoms with Gasteiger partial charge in [-0.1, -0.05) is 0 Å². The highest BCUT2D eigenvalue weighted by Crippen LogP contribution is 2.36. The van der Waals surface area contributed by atoms with Gasteiger partial charge in [0.15, 0.2) is 5.17 Å². The van der Waals surface area contributed by atoms with Gasteiger partial charge >= 0.3 is 5.97 Å². The second-order valence-corrected chi connectivity index (χ2v) is 6.54. The van der Waals surface area contributed by atoms with E-state index in [2.05, 4.69) is 4.99 Å². The summed E-state index contributed by atoms with van der Waals surface area (Å²) in [6.45, 7) is 0. The van der Waals surface area contributed by atoms with Crippen molar-refractivity contribution in [3.63, 3.8) is 0 Å². The maximum Gasteiger partial charge on any atom is 0.329 e. The zero-order chi connectivity index (χ0) is 21.1. The Morgan fingerprint density at radius 2 is 1.52 bits per heavy atom. The van der Waals surface area contributed by atoms with Crippen molar-refractivity contribution < 1.29 is 24.5 Å². The molecular weight excluding hydrogens is 404 g/mol. The number of hydrogen-bond acceptors (Lipinski definition) is 8. The number of amides is 1. The first kappa shape index (κ1) is 19.7. The van der Waals surface area contributed by atoms with Gasteiger partial charge in [0.25, 0.3) is 17.3 Å². The lowest BCUT2D eigenvalue weighted by molar-refractivity contribution is -0.385. The molecule has 0 unspecified atom stereocenters. The maximum absolute atomic E-state index is 12.7.